The smallest absolute Gasteiger partial charge is 0.173 e. The molecule has 6 nitrogen and oxygen atoms in total. The minimum atomic E-state index is -0.401. The minimum absolute atomic E-state index is 0.0789. The van der Waals surface area contributed by atoms with E-state index >= 15 is 0 Å². The zero-order valence-electron chi connectivity index (χ0n) is 16.2. The molecule has 29 heavy (non-hydrogen) atoms. The highest BCUT2D eigenvalue weighted by atomic mass is 19.1. The summed E-state index contributed by atoms with van der Waals surface area (Å²) in [6, 6.07) is 10.5. The van der Waals surface area contributed by atoms with E-state index in [9.17, 15) is 9.50 Å². The second-order valence-electron chi connectivity index (χ2n) is 7.68. The van der Waals surface area contributed by atoms with Crippen molar-refractivity contribution in [1.29, 1.82) is 0 Å². The van der Waals surface area contributed by atoms with Gasteiger partial charge in [0.1, 0.15) is 5.75 Å². The summed E-state index contributed by atoms with van der Waals surface area (Å²) in [6.45, 7) is 3.80. The van der Waals surface area contributed by atoms with Crippen LogP contribution in [0, 0.1) is 12.7 Å². The van der Waals surface area contributed by atoms with Gasteiger partial charge in [-0.1, -0.05) is 6.07 Å². The molecule has 4 aromatic rings. The highest BCUT2D eigenvalue weighted by Gasteiger charge is 2.26. The number of imidazole rings is 1. The first-order valence-corrected chi connectivity index (χ1v) is 9.49. The summed E-state index contributed by atoms with van der Waals surface area (Å²) in [5.74, 6) is 0.103. The Morgan fingerprint density at radius 2 is 1.86 bits per heavy atom. The average Bonchev–Trinajstić information content (AvgIpc) is 3.07. The molecule has 3 aromatic heterocycles. The summed E-state index contributed by atoms with van der Waals surface area (Å²) < 4.78 is 16.0. The molecule has 4 heterocycles. The third kappa shape index (κ3) is 3.13. The second-order valence-corrected chi connectivity index (χ2v) is 7.68. The van der Waals surface area contributed by atoms with Gasteiger partial charge in [-0.05, 0) is 49.9 Å². The monoisotopic (exact) mass is 389 g/mol. The van der Waals surface area contributed by atoms with Crippen molar-refractivity contribution in [2.24, 2.45) is 0 Å². The maximum Gasteiger partial charge on any atom is 0.173 e. The summed E-state index contributed by atoms with van der Waals surface area (Å²) in [5, 5.41) is 19.2. The second kappa shape index (κ2) is 6.63. The van der Waals surface area contributed by atoms with Gasteiger partial charge >= 0.3 is 0 Å². The van der Waals surface area contributed by atoms with Crippen molar-refractivity contribution >= 4 is 5.65 Å². The molecule has 146 valence electrons. The molecular formula is C22H20FN5O. The molecule has 0 spiro atoms. The van der Waals surface area contributed by atoms with Crippen molar-refractivity contribution in [3.8, 4) is 28.1 Å². The largest absolute Gasteiger partial charge is 0.507 e. The molecule has 1 N–H and O–H groups in total. The Hall–Kier alpha value is -3.32. The number of likely N-dealkylation sites (tertiary alicyclic amines) is 1. The van der Waals surface area contributed by atoms with Crippen molar-refractivity contribution in [2.75, 3.05) is 20.1 Å². The van der Waals surface area contributed by atoms with Crippen molar-refractivity contribution in [3.05, 3.63) is 66.0 Å². The number of aromatic hydroxyl groups is 1. The number of likely N-dealkylation sites (N-methyl/N-ethyl adjacent to an activating group) is 1. The lowest BCUT2D eigenvalue weighted by Crippen LogP contribution is -2.42. The fraction of sp³-hybridized carbons (Fsp3) is 0.227. The minimum Gasteiger partial charge on any atom is -0.507 e. The predicted molar refractivity (Wildman–Crippen MR) is 108 cm³/mol. The molecule has 0 amide bonds. The van der Waals surface area contributed by atoms with Crippen LogP contribution in [0.1, 0.15) is 17.3 Å². The number of halogens is 1. The Balaban J connectivity index is 1.46. The van der Waals surface area contributed by atoms with Gasteiger partial charge < -0.3 is 14.4 Å². The van der Waals surface area contributed by atoms with Crippen molar-refractivity contribution in [3.63, 3.8) is 0 Å². The van der Waals surface area contributed by atoms with Gasteiger partial charge in [0.15, 0.2) is 11.5 Å². The summed E-state index contributed by atoms with van der Waals surface area (Å²) >= 11 is 0. The number of benzene rings is 1. The quantitative estimate of drug-likeness (QED) is 0.579. The zero-order chi connectivity index (χ0) is 20.1. The molecule has 0 saturated carbocycles. The van der Waals surface area contributed by atoms with Crippen molar-refractivity contribution in [1.82, 2.24) is 24.5 Å². The average molecular weight is 389 g/mol. The number of aryl methyl sites for hydroxylation is 1. The molecule has 7 heteroatoms. The highest BCUT2D eigenvalue weighted by molar-refractivity contribution is 5.74. The molecule has 1 saturated heterocycles. The topological polar surface area (TPSA) is 66.5 Å². The van der Waals surface area contributed by atoms with Crippen molar-refractivity contribution < 1.29 is 9.50 Å². The van der Waals surface area contributed by atoms with Gasteiger partial charge in [-0.25, -0.2) is 9.37 Å². The maximum absolute atomic E-state index is 14.4. The van der Waals surface area contributed by atoms with E-state index in [1.807, 2.05) is 25.1 Å². The Kier molecular flexibility index (Phi) is 4.06. The van der Waals surface area contributed by atoms with Crippen LogP contribution in [0.2, 0.25) is 0 Å². The van der Waals surface area contributed by atoms with Crippen LogP contribution >= 0.6 is 0 Å². The first-order chi connectivity index (χ1) is 14.0. The molecule has 5 rings (SSSR count). The van der Waals surface area contributed by atoms with Crippen LogP contribution in [0.3, 0.4) is 0 Å². The Morgan fingerprint density at radius 3 is 2.55 bits per heavy atom. The molecule has 0 atom stereocenters. The Morgan fingerprint density at radius 1 is 1.03 bits per heavy atom. The predicted octanol–water partition coefficient (Wildman–Crippen LogP) is 3.64. The Labute approximate surface area is 167 Å². The van der Waals surface area contributed by atoms with E-state index in [0.717, 1.165) is 24.5 Å². The SMILES string of the molecule is Cc1cn2cc(-c3ccc(-c4ccc(C5CN(C)C5)nn4)c(O)c3)cc(F)c2n1. The number of pyridine rings is 1. The van der Waals surface area contributed by atoms with Crippen LogP contribution in [-0.4, -0.2) is 49.7 Å². The normalized spacial score (nSPS) is 15.0. The van der Waals surface area contributed by atoms with Gasteiger partial charge in [-0.15, -0.1) is 0 Å². The molecule has 0 aliphatic carbocycles. The maximum atomic E-state index is 14.4. The van der Waals surface area contributed by atoms with Crippen LogP contribution in [0.5, 0.6) is 5.75 Å². The standard InChI is InChI=1S/C22H20FN5O/c1-13-9-28-12-15(7-18(23)22(28)24-13)14-3-4-17(21(29)8-14)20-6-5-19(25-26-20)16-10-27(2)11-16/h3-9,12,16,29H,10-11H2,1-2H3. The van der Waals surface area contributed by atoms with E-state index in [4.69, 9.17) is 0 Å². The molecule has 0 unspecified atom stereocenters. The third-order valence-corrected chi connectivity index (χ3v) is 5.40. The van der Waals surface area contributed by atoms with Crippen LogP contribution in [0.4, 0.5) is 4.39 Å². The lowest BCUT2D eigenvalue weighted by molar-refractivity contribution is 0.186. The molecule has 0 bridgehead atoms. The van der Waals surface area contributed by atoms with E-state index in [0.29, 0.717) is 33.9 Å². The molecule has 1 aliphatic heterocycles. The highest BCUT2D eigenvalue weighted by Crippen LogP contribution is 2.33. The summed E-state index contributed by atoms with van der Waals surface area (Å²) in [7, 11) is 2.08. The number of phenolic OH excluding ortho intramolecular Hbond substituents is 1. The van der Waals surface area contributed by atoms with Crippen LogP contribution in [0.25, 0.3) is 28.0 Å². The Bertz CT molecular complexity index is 1210. The van der Waals surface area contributed by atoms with Gasteiger partial charge in [0.25, 0.3) is 0 Å². The third-order valence-electron chi connectivity index (χ3n) is 5.40. The lowest BCUT2D eigenvalue weighted by Gasteiger charge is -2.35. The first-order valence-electron chi connectivity index (χ1n) is 9.49. The summed E-state index contributed by atoms with van der Waals surface area (Å²) in [6.07, 6.45) is 3.57. The molecule has 1 aliphatic rings. The number of rotatable bonds is 3. The summed E-state index contributed by atoms with van der Waals surface area (Å²) in [5.41, 5.74) is 4.58. The first kappa shape index (κ1) is 17.8. The van der Waals surface area contributed by atoms with Gasteiger partial charge in [-0.2, -0.15) is 10.2 Å². The van der Waals surface area contributed by atoms with Gasteiger partial charge in [0, 0.05) is 42.5 Å². The zero-order valence-corrected chi connectivity index (χ0v) is 16.2. The molecule has 1 fully saturated rings. The fourth-order valence-electron chi connectivity index (χ4n) is 3.86. The van der Waals surface area contributed by atoms with Crippen LogP contribution < -0.4 is 0 Å². The van der Waals surface area contributed by atoms with E-state index in [1.54, 1.807) is 28.9 Å². The molecule has 1 aromatic carbocycles. The molecular weight excluding hydrogens is 369 g/mol. The number of phenols is 1. The van der Waals surface area contributed by atoms with E-state index in [2.05, 4.69) is 27.1 Å². The van der Waals surface area contributed by atoms with Crippen LogP contribution in [0.15, 0.2) is 48.8 Å². The van der Waals surface area contributed by atoms with Gasteiger partial charge in [0.05, 0.1) is 17.1 Å². The molecule has 0 radical (unpaired) electrons. The number of fused-ring (bicyclic) bond motifs is 1. The van der Waals surface area contributed by atoms with E-state index in [-0.39, 0.29) is 5.75 Å². The fourth-order valence-corrected chi connectivity index (χ4v) is 3.86. The summed E-state index contributed by atoms with van der Waals surface area (Å²) in [4.78, 5) is 6.41. The number of nitrogens with zero attached hydrogens (tertiary/aromatic N) is 5. The van der Waals surface area contributed by atoms with Crippen molar-refractivity contribution in [2.45, 2.75) is 12.8 Å². The number of aromatic nitrogens is 4. The van der Waals surface area contributed by atoms with E-state index < -0.39 is 5.82 Å². The number of hydrogen-bond acceptors (Lipinski definition) is 5. The van der Waals surface area contributed by atoms with Crippen LogP contribution in [-0.2, 0) is 0 Å². The van der Waals surface area contributed by atoms with E-state index in [1.165, 1.54) is 6.07 Å². The van der Waals surface area contributed by atoms with Gasteiger partial charge in [0.2, 0.25) is 0 Å². The lowest BCUT2D eigenvalue weighted by atomic mass is 9.96. The van der Waals surface area contributed by atoms with Gasteiger partial charge in [-0.3, -0.25) is 0 Å². The number of hydrogen-bond donors (Lipinski definition) is 1.